The van der Waals surface area contributed by atoms with Crippen molar-refractivity contribution >= 4 is 17.2 Å². The zero-order valence-corrected chi connectivity index (χ0v) is 13.8. The SMILES string of the molecule is O=C(NCc1ccc(-c2noc(-c3c(F)cccc3F)n2)s1)C1CC1. The van der Waals surface area contributed by atoms with Gasteiger partial charge in [0.15, 0.2) is 0 Å². The number of carbonyl (C=O) groups excluding carboxylic acids is 1. The number of halogens is 2. The highest BCUT2D eigenvalue weighted by molar-refractivity contribution is 7.15. The summed E-state index contributed by atoms with van der Waals surface area (Å²) in [4.78, 5) is 17.4. The Morgan fingerprint density at radius 3 is 2.72 bits per heavy atom. The Balaban J connectivity index is 1.51. The quantitative estimate of drug-likeness (QED) is 0.751. The summed E-state index contributed by atoms with van der Waals surface area (Å²) in [5.74, 6) is -1.23. The molecule has 5 nitrogen and oxygen atoms in total. The van der Waals surface area contributed by atoms with Gasteiger partial charge in [-0.3, -0.25) is 4.79 Å². The van der Waals surface area contributed by atoms with Crippen LogP contribution >= 0.6 is 11.3 Å². The van der Waals surface area contributed by atoms with Crippen molar-refractivity contribution in [1.82, 2.24) is 15.5 Å². The minimum absolute atomic E-state index is 0.0758. The molecule has 1 aromatic carbocycles. The first-order chi connectivity index (χ1) is 12.1. The molecule has 0 atom stereocenters. The van der Waals surface area contributed by atoms with Gasteiger partial charge in [0.05, 0.1) is 11.4 Å². The van der Waals surface area contributed by atoms with Crippen LogP contribution in [0.15, 0.2) is 34.9 Å². The lowest BCUT2D eigenvalue weighted by Crippen LogP contribution is -2.23. The number of rotatable bonds is 5. The molecule has 1 saturated carbocycles. The molecule has 4 rings (SSSR count). The Bertz CT molecular complexity index is 913. The van der Waals surface area contributed by atoms with Crippen LogP contribution < -0.4 is 5.32 Å². The standard InChI is InChI=1S/C17H13F2N3O2S/c18-11-2-1-3-12(19)14(11)17-21-15(22-24-17)13-7-6-10(25-13)8-20-16(23)9-4-5-9/h1-3,6-7,9H,4-5,8H2,(H,20,23). The maximum absolute atomic E-state index is 13.8. The van der Waals surface area contributed by atoms with E-state index >= 15 is 0 Å². The van der Waals surface area contributed by atoms with Gasteiger partial charge in [-0.1, -0.05) is 11.2 Å². The summed E-state index contributed by atoms with van der Waals surface area (Å²) in [5.41, 5.74) is -0.338. The van der Waals surface area contributed by atoms with Crippen LogP contribution in [0, 0.1) is 17.6 Å². The second kappa shape index (κ2) is 6.36. The molecule has 25 heavy (non-hydrogen) atoms. The summed E-state index contributed by atoms with van der Waals surface area (Å²) in [6.07, 6.45) is 1.92. The molecule has 3 aromatic rings. The summed E-state index contributed by atoms with van der Waals surface area (Å²) in [6, 6.07) is 7.18. The number of hydrogen-bond acceptors (Lipinski definition) is 5. The first-order valence-electron chi connectivity index (χ1n) is 7.76. The minimum atomic E-state index is -0.759. The Kier molecular flexibility index (Phi) is 4.04. The fourth-order valence-corrected chi connectivity index (χ4v) is 3.26. The first-order valence-corrected chi connectivity index (χ1v) is 8.58. The summed E-state index contributed by atoms with van der Waals surface area (Å²) in [5, 5.41) is 6.68. The van der Waals surface area contributed by atoms with Crippen LogP contribution in [0.1, 0.15) is 17.7 Å². The van der Waals surface area contributed by atoms with Crippen LogP contribution in [0.4, 0.5) is 8.78 Å². The monoisotopic (exact) mass is 361 g/mol. The van der Waals surface area contributed by atoms with E-state index in [1.807, 2.05) is 6.07 Å². The first kappa shape index (κ1) is 15.9. The van der Waals surface area contributed by atoms with Crippen molar-refractivity contribution in [2.24, 2.45) is 5.92 Å². The average Bonchev–Trinajstić information content (AvgIpc) is 3.15. The lowest BCUT2D eigenvalue weighted by Gasteiger charge is -2.00. The van der Waals surface area contributed by atoms with Gasteiger partial charge in [0.2, 0.25) is 11.7 Å². The third-order valence-corrected chi connectivity index (χ3v) is 4.95. The van der Waals surface area contributed by atoms with Crippen molar-refractivity contribution in [2.45, 2.75) is 19.4 Å². The molecule has 0 unspecified atom stereocenters. The molecule has 1 N–H and O–H groups in total. The molecule has 2 heterocycles. The molecule has 1 fully saturated rings. The minimum Gasteiger partial charge on any atom is -0.351 e. The predicted molar refractivity (Wildman–Crippen MR) is 87.5 cm³/mol. The fourth-order valence-electron chi connectivity index (χ4n) is 2.38. The van der Waals surface area contributed by atoms with Crippen LogP contribution in [0.25, 0.3) is 22.2 Å². The van der Waals surface area contributed by atoms with Gasteiger partial charge in [0.25, 0.3) is 5.89 Å². The molecule has 1 amide bonds. The average molecular weight is 361 g/mol. The van der Waals surface area contributed by atoms with Crippen LogP contribution in [0.2, 0.25) is 0 Å². The number of benzene rings is 1. The van der Waals surface area contributed by atoms with Crippen molar-refractivity contribution in [2.75, 3.05) is 0 Å². The van der Waals surface area contributed by atoms with Gasteiger partial charge < -0.3 is 9.84 Å². The molecular weight excluding hydrogens is 348 g/mol. The maximum Gasteiger partial charge on any atom is 0.264 e. The van der Waals surface area contributed by atoms with Gasteiger partial charge >= 0.3 is 0 Å². The topological polar surface area (TPSA) is 68.0 Å². The van der Waals surface area contributed by atoms with E-state index in [0.717, 1.165) is 29.9 Å². The Morgan fingerprint density at radius 2 is 2.00 bits per heavy atom. The van der Waals surface area contributed by atoms with Crippen LogP contribution in [0.3, 0.4) is 0 Å². The van der Waals surface area contributed by atoms with Gasteiger partial charge in [0, 0.05) is 10.8 Å². The maximum atomic E-state index is 13.8. The van der Waals surface area contributed by atoms with E-state index in [-0.39, 0.29) is 29.1 Å². The van der Waals surface area contributed by atoms with Crippen molar-refractivity contribution in [3.05, 3.63) is 46.8 Å². The number of aromatic nitrogens is 2. The van der Waals surface area contributed by atoms with Gasteiger partial charge in [-0.15, -0.1) is 11.3 Å². The third-order valence-electron chi connectivity index (χ3n) is 3.87. The van der Waals surface area contributed by atoms with Gasteiger partial charge in [-0.25, -0.2) is 8.78 Å². The van der Waals surface area contributed by atoms with E-state index in [1.54, 1.807) is 6.07 Å². The molecule has 1 aliphatic carbocycles. The number of nitrogens with zero attached hydrogens (tertiary/aromatic N) is 2. The molecule has 0 radical (unpaired) electrons. The summed E-state index contributed by atoms with van der Waals surface area (Å²) >= 11 is 1.39. The lowest BCUT2D eigenvalue weighted by molar-refractivity contribution is -0.122. The van der Waals surface area contributed by atoms with E-state index in [2.05, 4.69) is 15.5 Å². The van der Waals surface area contributed by atoms with E-state index in [9.17, 15) is 13.6 Å². The molecule has 8 heteroatoms. The molecule has 0 saturated heterocycles. The molecule has 0 bridgehead atoms. The van der Waals surface area contributed by atoms with Crippen molar-refractivity contribution < 1.29 is 18.1 Å². The number of nitrogens with one attached hydrogen (secondary N) is 1. The number of amides is 1. The molecular formula is C17H13F2N3O2S. The molecule has 1 aliphatic rings. The van der Waals surface area contributed by atoms with Crippen LogP contribution in [-0.4, -0.2) is 16.0 Å². The smallest absolute Gasteiger partial charge is 0.264 e. The van der Waals surface area contributed by atoms with Gasteiger partial charge in [-0.2, -0.15) is 4.98 Å². The largest absolute Gasteiger partial charge is 0.351 e. The highest BCUT2D eigenvalue weighted by Gasteiger charge is 2.29. The molecule has 128 valence electrons. The van der Waals surface area contributed by atoms with Crippen molar-refractivity contribution in [3.63, 3.8) is 0 Å². The predicted octanol–water partition coefficient (Wildman–Crippen LogP) is 3.77. The summed E-state index contributed by atoms with van der Waals surface area (Å²) < 4.78 is 32.6. The van der Waals surface area contributed by atoms with Crippen molar-refractivity contribution in [1.29, 1.82) is 0 Å². The van der Waals surface area contributed by atoms with Crippen LogP contribution in [-0.2, 0) is 11.3 Å². The highest BCUT2D eigenvalue weighted by Crippen LogP contribution is 2.31. The van der Waals surface area contributed by atoms with Crippen molar-refractivity contribution in [3.8, 4) is 22.2 Å². The number of hydrogen-bond donors (Lipinski definition) is 1. The van der Waals surface area contributed by atoms with Gasteiger partial charge in [-0.05, 0) is 37.1 Å². The molecule has 0 aliphatic heterocycles. The second-order valence-corrected chi connectivity index (χ2v) is 6.95. The Morgan fingerprint density at radius 1 is 1.24 bits per heavy atom. The van der Waals surface area contributed by atoms with E-state index in [1.165, 1.54) is 17.4 Å². The summed E-state index contributed by atoms with van der Waals surface area (Å²) in [6.45, 7) is 0.437. The zero-order valence-electron chi connectivity index (χ0n) is 13.0. The normalized spacial score (nSPS) is 13.8. The van der Waals surface area contributed by atoms with E-state index in [0.29, 0.717) is 11.4 Å². The lowest BCUT2D eigenvalue weighted by atomic mass is 10.2. The number of thiophene rings is 1. The van der Waals surface area contributed by atoms with E-state index < -0.39 is 11.6 Å². The van der Waals surface area contributed by atoms with Gasteiger partial charge in [0.1, 0.15) is 17.2 Å². The molecule has 0 spiro atoms. The Labute approximate surface area is 145 Å². The summed E-state index contributed by atoms with van der Waals surface area (Å²) in [7, 11) is 0. The van der Waals surface area contributed by atoms with E-state index in [4.69, 9.17) is 4.52 Å². The zero-order chi connectivity index (χ0) is 17.4. The second-order valence-electron chi connectivity index (χ2n) is 5.78. The highest BCUT2D eigenvalue weighted by atomic mass is 32.1. The Hall–Kier alpha value is -2.61. The van der Waals surface area contributed by atoms with Crippen LogP contribution in [0.5, 0.6) is 0 Å². The number of carbonyl (C=O) groups is 1. The third kappa shape index (κ3) is 3.30. The fraction of sp³-hybridized carbons (Fsp3) is 0.235. The molecule has 2 aromatic heterocycles.